The van der Waals surface area contributed by atoms with E-state index in [4.69, 9.17) is 0 Å². The lowest BCUT2D eigenvalue weighted by molar-refractivity contribution is -0.384. The molecule has 18 heavy (non-hydrogen) atoms. The van der Waals surface area contributed by atoms with Crippen molar-refractivity contribution in [1.82, 2.24) is 0 Å². The van der Waals surface area contributed by atoms with Gasteiger partial charge in [0.15, 0.2) is 0 Å². The number of rotatable bonds is 4. The summed E-state index contributed by atoms with van der Waals surface area (Å²) in [5.41, 5.74) is 3.82. The zero-order valence-electron chi connectivity index (χ0n) is 10.3. The maximum atomic E-state index is 10.5. The van der Waals surface area contributed by atoms with Crippen LogP contribution in [0.5, 0.6) is 0 Å². The first-order valence-electron chi connectivity index (χ1n) is 5.94. The molecule has 2 rings (SSSR count). The minimum Gasteiger partial charge on any atom is -0.258 e. The van der Waals surface area contributed by atoms with Gasteiger partial charge >= 0.3 is 0 Å². The van der Waals surface area contributed by atoms with E-state index in [0.717, 1.165) is 18.4 Å². The van der Waals surface area contributed by atoms with E-state index in [-0.39, 0.29) is 10.6 Å². The van der Waals surface area contributed by atoms with Gasteiger partial charge in [0.25, 0.3) is 5.69 Å². The Morgan fingerprint density at radius 2 is 1.33 bits per heavy atom. The van der Waals surface area contributed by atoms with E-state index in [2.05, 4.69) is 31.2 Å². The molecule has 0 heterocycles. The molecule has 92 valence electrons. The Hall–Kier alpha value is -2.16. The first kappa shape index (κ1) is 12.3. The normalized spacial score (nSPS) is 10.3. The van der Waals surface area contributed by atoms with Crippen LogP contribution in [0.4, 0.5) is 5.69 Å². The molecule has 0 aliphatic carbocycles. The Kier molecular flexibility index (Phi) is 3.72. The Labute approximate surface area is 106 Å². The fraction of sp³-hybridized carbons (Fsp3) is 0.200. The summed E-state index contributed by atoms with van der Waals surface area (Å²) in [7, 11) is 0. The van der Waals surface area contributed by atoms with Gasteiger partial charge in [0.1, 0.15) is 0 Å². The van der Waals surface area contributed by atoms with Crippen molar-refractivity contribution in [1.29, 1.82) is 0 Å². The Balaban J connectivity index is 1.97. The summed E-state index contributed by atoms with van der Waals surface area (Å²) in [6.07, 6.45) is 1.86. The second-order valence-electron chi connectivity index (χ2n) is 4.41. The predicted octanol–water partition coefficient (Wildman–Crippen LogP) is 3.69. The van der Waals surface area contributed by atoms with Crippen LogP contribution in [0.1, 0.15) is 16.7 Å². The number of non-ortho nitro benzene ring substituents is 1. The summed E-state index contributed by atoms with van der Waals surface area (Å²) in [6, 6.07) is 15.2. The van der Waals surface area contributed by atoms with Gasteiger partial charge in [-0.05, 0) is 30.9 Å². The second-order valence-corrected chi connectivity index (χ2v) is 4.41. The van der Waals surface area contributed by atoms with E-state index < -0.39 is 0 Å². The zero-order valence-corrected chi connectivity index (χ0v) is 10.3. The Morgan fingerprint density at radius 1 is 0.889 bits per heavy atom. The van der Waals surface area contributed by atoms with Crippen LogP contribution in [0, 0.1) is 17.0 Å². The Morgan fingerprint density at radius 3 is 1.78 bits per heavy atom. The highest BCUT2D eigenvalue weighted by Gasteiger charge is 2.03. The van der Waals surface area contributed by atoms with E-state index in [0.29, 0.717) is 0 Å². The lowest BCUT2D eigenvalue weighted by Gasteiger charge is -2.02. The topological polar surface area (TPSA) is 43.1 Å². The molecule has 0 N–H and O–H groups in total. The monoisotopic (exact) mass is 241 g/mol. The van der Waals surface area contributed by atoms with E-state index in [1.165, 1.54) is 11.1 Å². The van der Waals surface area contributed by atoms with Crippen LogP contribution in [0.3, 0.4) is 0 Å². The summed E-state index contributed by atoms with van der Waals surface area (Å²) >= 11 is 0. The van der Waals surface area contributed by atoms with Crippen molar-refractivity contribution in [3.05, 3.63) is 75.3 Å². The lowest BCUT2D eigenvalue weighted by Crippen LogP contribution is -1.93. The highest BCUT2D eigenvalue weighted by molar-refractivity contribution is 5.33. The Bertz CT molecular complexity index is 529. The molecule has 0 bridgehead atoms. The molecule has 3 nitrogen and oxygen atoms in total. The average Bonchev–Trinajstić information content (AvgIpc) is 2.38. The van der Waals surface area contributed by atoms with Crippen LogP contribution in [-0.4, -0.2) is 4.92 Å². The van der Waals surface area contributed by atoms with Crippen LogP contribution >= 0.6 is 0 Å². The van der Waals surface area contributed by atoms with Crippen LogP contribution in [0.25, 0.3) is 0 Å². The van der Waals surface area contributed by atoms with Crippen LogP contribution < -0.4 is 0 Å². The second kappa shape index (κ2) is 5.45. The standard InChI is InChI=1S/C15H15NO2/c1-12-2-4-13(5-3-12)6-7-14-8-10-15(11-9-14)16(17)18/h2-5,8-11H,6-7H2,1H3. The average molecular weight is 241 g/mol. The minimum atomic E-state index is -0.371. The molecule has 2 aromatic rings. The number of hydrogen-bond acceptors (Lipinski definition) is 2. The van der Waals surface area contributed by atoms with Gasteiger partial charge < -0.3 is 0 Å². The molecule has 0 aromatic heterocycles. The molecular formula is C15H15NO2. The number of benzene rings is 2. The first-order valence-corrected chi connectivity index (χ1v) is 5.94. The largest absolute Gasteiger partial charge is 0.269 e. The van der Waals surface area contributed by atoms with Gasteiger partial charge in [-0.1, -0.05) is 42.0 Å². The van der Waals surface area contributed by atoms with Crippen LogP contribution in [0.2, 0.25) is 0 Å². The first-order chi connectivity index (χ1) is 8.65. The molecule has 0 spiro atoms. The van der Waals surface area contributed by atoms with Gasteiger partial charge in [0.2, 0.25) is 0 Å². The van der Waals surface area contributed by atoms with E-state index in [9.17, 15) is 10.1 Å². The van der Waals surface area contributed by atoms with E-state index in [1.807, 2.05) is 12.1 Å². The number of aryl methyl sites for hydroxylation is 3. The third-order valence-corrected chi connectivity index (χ3v) is 2.97. The third-order valence-electron chi connectivity index (χ3n) is 2.97. The quantitative estimate of drug-likeness (QED) is 0.605. The summed E-state index contributed by atoms with van der Waals surface area (Å²) in [6.45, 7) is 2.07. The number of nitro benzene ring substituents is 1. The number of nitrogens with zero attached hydrogens (tertiary/aromatic N) is 1. The maximum absolute atomic E-state index is 10.5. The van der Waals surface area contributed by atoms with Gasteiger partial charge in [-0.15, -0.1) is 0 Å². The van der Waals surface area contributed by atoms with Crippen molar-refractivity contribution in [2.75, 3.05) is 0 Å². The van der Waals surface area contributed by atoms with Crippen molar-refractivity contribution < 1.29 is 4.92 Å². The van der Waals surface area contributed by atoms with Gasteiger partial charge in [-0.25, -0.2) is 0 Å². The van der Waals surface area contributed by atoms with Crippen molar-refractivity contribution in [3.8, 4) is 0 Å². The van der Waals surface area contributed by atoms with Gasteiger partial charge in [-0.3, -0.25) is 10.1 Å². The molecule has 0 aliphatic heterocycles. The zero-order chi connectivity index (χ0) is 13.0. The van der Waals surface area contributed by atoms with Gasteiger partial charge in [-0.2, -0.15) is 0 Å². The highest BCUT2D eigenvalue weighted by Crippen LogP contribution is 2.14. The lowest BCUT2D eigenvalue weighted by atomic mass is 10.0. The summed E-state index contributed by atoms with van der Waals surface area (Å²) in [4.78, 5) is 10.2. The van der Waals surface area contributed by atoms with Crippen LogP contribution in [-0.2, 0) is 12.8 Å². The van der Waals surface area contributed by atoms with Crippen molar-refractivity contribution >= 4 is 5.69 Å². The molecule has 0 saturated heterocycles. The molecule has 0 unspecified atom stereocenters. The summed E-state index contributed by atoms with van der Waals surface area (Å²) in [5, 5.41) is 10.5. The summed E-state index contributed by atoms with van der Waals surface area (Å²) in [5.74, 6) is 0. The van der Waals surface area contributed by atoms with Crippen molar-refractivity contribution in [2.45, 2.75) is 19.8 Å². The van der Waals surface area contributed by atoms with Gasteiger partial charge in [0.05, 0.1) is 4.92 Å². The smallest absolute Gasteiger partial charge is 0.258 e. The number of hydrogen-bond donors (Lipinski definition) is 0. The molecule has 0 fully saturated rings. The van der Waals surface area contributed by atoms with E-state index in [1.54, 1.807) is 12.1 Å². The van der Waals surface area contributed by atoms with E-state index >= 15 is 0 Å². The molecule has 0 aliphatic rings. The molecule has 2 aromatic carbocycles. The molecule has 0 saturated carbocycles. The molecule has 0 amide bonds. The maximum Gasteiger partial charge on any atom is 0.269 e. The van der Waals surface area contributed by atoms with Crippen molar-refractivity contribution in [2.24, 2.45) is 0 Å². The molecule has 0 atom stereocenters. The highest BCUT2D eigenvalue weighted by atomic mass is 16.6. The minimum absolute atomic E-state index is 0.147. The molecule has 0 radical (unpaired) electrons. The summed E-state index contributed by atoms with van der Waals surface area (Å²) < 4.78 is 0. The number of nitro groups is 1. The fourth-order valence-corrected chi connectivity index (χ4v) is 1.83. The van der Waals surface area contributed by atoms with Gasteiger partial charge in [0, 0.05) is 12.1 Å². The predicted molar refractivity (Wildman–Crippen MR) is 71.7 cm³/mol. The third kappa shape index (κ3) is 3.17. The SMILES string of the molecule is Cc1ccc(CCc2ccc([N+](=O)[O-])cc2)cc1. The molecular weight excluding hydrogens is 226 g/mol. The van der Waals surface area contributed by atoms with Crippen molar-refractivity contribution in [3.63, 3.8) is 0 Å². The molecule has 3 heteroatoms. The van der Waals surface area contributed by atoms with Crippen LogP contribution in [0.15, 0.2) is 48.5 Å². The fourth-order valence-electron chi connectivity index (χ4n) is 1.83.